The van der Waals surface area contributed by atoms with Gasteiger partial charge in [0.15, 0.2) is 6.29 Å². The summed E-state index contributed by atoms with van der Waals surface area (Å²) >= 11 is 0. The molecule has 1 rings (SSSR count). The van der Waals surface area contributed by atoms with Crippen molar-refractivity contribution < 1.29 is 37.7 Å². The average molecular weight is 377 g/mol. The lowest BCUT2D eigenvalue weighted by Gasteiger charge is -2.22. The fourth-order valence-corrected chi connectivity index (χ4v) is 2.12. The van der Waals surface area contributed by atoms with Gasteiger partial charge in [-0.1, -0.05) is 12.1 Å². The molecule has 6 nitrogen and oxygen atoms in total. The number of amides is 1. The smallest absolute Gasteiger partial charge is 0.417 e. The van der Waals surface area contributed by atoms with Crippen LogP contribution in [0.15, 0.2) is 18.2 Å². The second-order valence-electron chi connectivity index (χ2n) is 6.69. The van der Waals surface area contributed by atoms with Gasteiger partial charge in [0, 0.05) is 12.1 Å². The zero-order valence-corrected chi connectivity index (χ0v) is 14.6. The molecule has 0 saturated carbocycles. The van der Waals surface area contributed by atoms with E-state index in [0.717, 1.165) is 12.1 Å². The van der Waals surface area contributed by atoms with Gasteiger partial charge in [0.05, 0.1) is 11.7 Å². The van der Waals surface area contributed by atoms with Crippen molar-refractivity contribution in [1.29, 1.82) is 0 Å². The van der Waals surface area contributed by atoms with Crippen LogP contribution >= 0.6 is 0 Å². The first kappa shape index (κ1) is 21.9. The summed E-state index contributed by atoms with van der Waals surface area (Å²) in [6, 6.07) is 2.69. The van der Waals surface area contributed by atoms with Gasteiger partial charge < -0.3 is 20.3 Å². The molecule has 0 heterocycles. The molecule has 1 aromatic rings. The summed E-state index contributed by atoms with van der Waals surface area (Å²) in [6.07, 6.45) is -8.56. The maximum Gasteiger partial charge on any atom is 0.417 e. The number of halogens is 3. The van der Waals surface area contributed by atoms with Gasteiger partial charge in [-0.3, -0.25) is 4.79 Å². The molecule has 1 amide bonds. The Bertz CT molecular complexity index is 640. The Kier molecular flexibility index (Phi) is 7.16. The Morgan fingerprint density at radius 1 is 1.27 bits per heavy atom. The molecule has 0 aromatic heterocycles. The minimum atomic E-state index is -4.77. The van der Waals surface area contributed by atoms with Crippen molar-refractivity contribution in [2.24, 2.45) is 0 Å². The minimum absolute atomic E-state index is 0.0499. The molecule has 2 unspecified atom stereocenters. The van der Waals surface area contributed by atoms with E-state index in [1.807, 2.05) is 0 Å². The van der Waals surface area contributed by atoms with Crippen molar-refractivity contribution >= 4 is 12.4 Å². The van der Waals surface area contributed by atoms with Crippen molar-refractivity contribution in [1.82, 2.24) is 5.32 Å². The van der Waals surface area contributed by atoms with E-state index in [0.29, 0.717) is 6.07 Å². The van der Waals surface area contributed by atoms with Crippen molar-refractivity contribution in [3.8, 4) is 0 Å². The molecule has 146 valence electrons. The largest absolute Gasteiger partial charge is 0.444 e. The molecule has 2 atom stereocenters. The van der Waals surface area contributed by atoms with Gasteiger partial charge in [0.1, 0.15) is 11.7 Å². The third-order valence-corrected chi connectivity index (χ3v) is 3.32. The van der Waals surface area contributed by atoms with Crippen LogP contribution in [0, 0.1) is 0 Å². The number of aldehydes is 1. The summed E-state index contributed by atoms with van der Waals surface area (Å²) in [6.45, 7) is 4.97. The standard InChI is InChI=1S/C17H22F3NO5/c1-16(2,3)26-15(25)21-7-6-13(23)14(24)10-4-5-11(9-22)12(8-10)17(18,19)20/h4-5,8-9,13-14,23-24H,6-7H2,1-3H3,(H,21,25). The number of carbonyl (C=O) groups is 2. The number of carbonyl (C=O) groups excluding carboxylic acids is 2. The SMILES string of the molecule is CC(C)(C)OC(=O)NCCC(O)C(O)c1ccc(C=O)c(C(F)(F)F)c1. The molecule has 26 heavy (non-hydrogen) atoms. The third-order valence-electron chi connectivity index (χ3n) is 3.32. The first-order valence-corrected chi connectivity index (χ1v) is 7.84. The van der Waals surface area contributed by atoms with E-state index in [1.54, 1.807) is 20.8 Å². The quantitative estimate of drug-likeness (QED) is 0.663. The molecular formula is C17H22F3NO5. The summed E-state index contributed by atoms with van der Waals surface area (Å²) in [5.41, 5.74) is -2.64. The van der Waals surface area contributed by atoms with Crippen LogP contribution in [0.5, 0.6) is 0 Å². The molecule has 3 N–H and O–H groups in total. The zero-order valence-electron chi connectivity index (χ0n) is 14.6. The predicted molar refractivity (Wildman–Crippen MR) is 86.7 cm³/mol. The first-order valence-electron chi connectivity index (χ1n) is 7.84. The second-order valence-corrected chi connectivity index (χ2v) is 6.69. The molecular weight excluding hydrogens is 355 g/mol. The van der Waals surface area contributed by atoms with E-state index >= 15 is 0 Å². The molecule has 0 spiro atoms. The maximum atomic E-state index is 12.9. The highest BCUT2D eigenvalue weighted by molar-refractivity contribution is 5.77. The Labute approximate surface area is 149 Å². The average Bonchev–Trinajstić information content (AvgIpc) is 2.50. The Morgan fingerprint density at radius 2 is 1.88 bits per heavy atom. The van der Waals surface area contributed by atoms with Gasteiger partial charge in [-0.05, 0) is 38.8 Å². The van der Waals surface area contributed by atoms with E-state index in [9.17, 15) is 33.0 Å². The molecule has 0 aliphatic carbocycles. The Hall–Kier alpha value is -2.13. The lowest BCUT2D eigenvalue weighted by Crippen LogP contribution is -2.34. The maximum absolute atomic E-state index is 12.9. The van der Waals surface area contributed by atoms with Crippen LogP contribution in [0.4, 0.5) is 18.0 Å². The molecule has 0 radical (unpaired) electrons. The number of benzene rings is 1. The molecule has 0 bridgehead atoms. The lowest BCUT2D eigenvalue weighted by molar-refractivity contribution is -0.138. The van der Waals surface area contributed by atoms with Crippen LogP contribution in [0.3, 0.4) is 0 Å². The number of aliphatic hydroxyl groups excluding tert-OH is 2. The van der Waals surface area contributed by atoms with Gasteiger partial charge in [-0.15, -0.1) is 0 Å². The van der Waals surface area contributed by atoms with Crippen LogP contribution in [0.25, 0.3) is 0 Å². The van der Waals surface area contributed by atoms with E-state index in [4.69, 9.17) is 4.74 Å². The Balaban J connectivity index is 2.73. The number of alkyl halides is 3. The van der Waals surface area contributed by atoms with Gasteiger partial charge in [0.2, 0.25) is 0 Å². The predicted octanol–water partition coefficient (Wildman–Crippen LogP) is 2.83. The van der Waals surface area contributed by atoms with Crippen LogP contribution in [-0.2, 0) is 10.9 Å². The van der Waals surface area contributed by atoms with Crippen LogP contribution in [0.2, 0.25) is 0 Å². The first-order chi connectivity index (χ1) is 11.8. The molecule has 1 aromatic carbocycles. The highest BCUT2D eigenvalue weighted by Gasteiger charge is 2.34. The van der Waals surface area contributed by atoms with Crippen LogP contribution < -0.4 is 5.32 Å². The summed E-state index contributed by atoms with van der Waals surface area (Å²) in [5.74, 6) is 0. The highest BCUT2D eigenvalue weighted by Crippen LogP contribution is 2.33. The molecule has 0 aliphatic heterocycles. The fraction of sp³-hybridized carbons (Fsp3) is 0.529. The topological polar surface area (TPSA) is 95.9 Å². The molecule has 0 fully saturated rings. The van der Waals surface area contributed by atoms with Crippen molar-refractivity contribution in [2.75, 3.05) is 6.54 Å². The molecule has 0 aliphatic rings. The zero-order chi connectivity index (χ0) is 20.1. The van der Waals surface area contributed by atoms with E-state index in [1.165, 1.54) is 0 Å². The highest BCUT2D eigenvalue weighted by atomic mass is 19.4. The summed E-state index contributed by atoms with van der Waals surface area (Å²) in [5, 5.41) is 22.4. The van der Waals surface area contributed by atoms with Crippen LogP contribution in [-0.4, -0.2) is 40.8 Å². The summed E-state index contributed by atoms with van der Waals surface area (Å²) in [4.78, 5) is 22.2. The lowest BCUT2D eigenvalue weighted by atomic mass is 9.97. The van der Waals surface area contributed by atoms with Gasteiger partial charge in [-0.2, -0.15) is 13.2 Å². The number of rotatable bonds is 6. The third kappa shape index (κ3) is 6.64. The number of hydrogen-bond acceptors (Lipinski definition) is 5. The molecule has 9 heteroatoms. The van der Waals surface area contributed by atoms with Gasteiger partial charge >= 0.3 is 12.3 Å². The fourth-order valence-electron chi connectivity index (χ4n) is 2.12. The monoisotopic (exact) mass is 377 g/mol. The Morgan fingerprint density at radius 3 is 2.38 bits per heavy atom. The minimum Gasteiger partial charge on any atom is -0.444 e. The number of alkyl carbamates (subject to hydrolysis) is 1. The summed E-state index contributed by atoms with van der Waals surface area (Å²) in [7, 11) is 0. The normalized spacial score (nSPS) is 14.5. The van der Waals surface area contributed by atoms with Crippen LogP contribution in [0.1, 0.15) is 54.8 Å². The van der Waals surface area contributed by atoms with E-state index < -0.39 is 41.2 Å². The number of ether oxygens (including phenoxy) is 1. The van der Waals surface area contributed by atoms with Crippen molar-refractivity contribution in [3.05, 3.63) is 34.9 Å². The summed E-state index contributed by atoms with van der Waals surface area (Å²) < 4.78 is 43.8. The van der Waals surface area contributed by atoms with Crippen molar-refractivity contribution in [2.45, 2.75) is 51.2 Å². The number of aliphatic hydroxyl groups is 2. The number of hydrogen-bond donors (Lipinski definition) is 3. The van der Waals surface area contributed by atoms with Gasteiger partial charge in [0.25, 0.3) is 0 Å². The molecule has 0 saturated heterocycles. The van der Waals surface area contributed by atoms with E-state index in [2.05, 4.69) is 5.32 Å². The van der Waals surface area contributed by atoms with Gasteiger partial charge in [-0.25, -0.2) is 4.79 Å². The van der Waals surface area contributed by atoms with Crippen molar-refractivity contribution in [3.63, 3.8) is 0 Å². The second kappa shape index (κ2) is 8.50. The van der Waals surface area contributed by atoms with E-state index in [-0.39, 0.29) is 24.8 Å². The number of nitrogens with one attached hydrogen (secondary N) is 1.